The Balaban J connectivity index is 4.63. The molecule has 0 aliphatic carbocycles. The van der Waals surface area contributed by atoms with E-state index in [0.717, 1.165) is 0 Å². The zero-order chi connectivity index (χ0) is 11.4. The molecule has 1 atom stereocenters. The molecule has 0 radical (unpaired) electrons. The molecule has 0 unspecified atom stereocenters. The summed E-state index contributed by atoms with van der Waals surface area (Å²) in [4.78, 5) is 11.2. The first-order valence-electron chi connectivity index (χ1n) is 3.98. The molecule has 0 aliphatic rings. The number of rotatable bonds is 5. The molecular formula is C7H14ClNO4S. The fourth-order valence-electron chi connectivity index (χ4n) is 0.808. The van der Waals surface area contributed by atoms with E-state index >= 15 is 0 Å². The predicted molar refractivity (Wildman–Crippen MR) is 53.4 cm³/mol. The minimum Gasteiger partial charge on any atom is -0.468 e. The number of alkyl halides is 1. The molecule has 5 nitrogen and oxygen atoms in total. The van der Waals surface area contributed by atoms with Crippen LogP contribution in [0, 0.1) is 5.92 Å². The van der Waals surface area contributed by atoms with E-state index in [9.17, 15) is 13.2 Å². The van der Waals surface area contributed by atoms with Crippen LogP contribution in [-0.2, 0) is 19.6 Å². The van der Waals surface area contributed by atoms with E-state index in [2.05, 4.69) is 9.46 Å². The molecule has 0 heterocycles. The maximum absolute atomic E-state index is 11.2. The highest BCUT2D eigenvalue weighted by atomic mass is 35.5. The maximum atomic E-state index is 11.2. The second-order valence-corrected chi connectivity index (χ2v) is 5.42. The fourth-order valence-corrected chi connectivity index (χ4v) is 1.82. The summed E-state index contributed by atoms with van der Waals surface area (Å²) in [6, 6.07) is -0.885. The highest BCUT2D eigenvalue weighted by Crippen LogP contribution is 2.05. The van der Waals surface area contributed by atoms with Gasteiger partial charge in [-0.2, -0.15) is 4.72 Å². The Labute approximate surface area is 88.8 Å². The Bertz CT molecular complexity index is 288. The van der Waals surface area contributed by atoms with Gasteiger partial charge < -0.3 is 4.74 Å². The van der Waals surface area contributed by atoms with E-state index in [1.54, 1.807) is 13.8 Å². The van der Waals surface area contributed by atoms with E-state index in [4.69, 9.17) is 11.6 Å². The number of nitrogens with one attached hydrogen (secondary N) is 1. The lowest BCUT2D eigenvalue weighted by Crippen LogP contribution is -2.45. The summed E-state index contributed by atoms with van der Waals surface area (Å²) in [6.45, 7) is 3.41. The number of hydrogen-bond donors (Lipinski definition) is 1. The van der Waals surface area contributed by atoms with Crippen LogP contribution in [0.2, 0.25) is 0 Å². The van der Waals surface area contributed by atoms with Crippen molar-refractivity contribution in [1.82, 2.24) is 4.72 Å². The van der Waals surface area contributed by atoms with Crippen molar-refractivity contribution in [1.29, 1.82) is 0 Å². The van der Waals surface area contributed by atoms with Gasteiger partial charge in [0.2, 0.25) is 10.0 Å². The predicted octanol–water partition coefficient (Wildman–Crippen LogP) is 0.300. The van der Waals surface area contributed by atoms with Crippen LogP contribution < -0.4 is 4.72 Å². The first-order valence-corrected chi connectivity index (χ1v) is 6.16. The molecule has 0 rings (SSSR count). The summed E-state index contributed by atoms with van der Waals surface area (Å²) in [5.41, 5.74) is 0. The van der Waals surface area contributed by atoms with Gasteiger partial charge in [0.1, 0.15) is 11.3 Å². The topological polar surface area (TPSA) is 72.5 Å². The van der Waals surface area contributed by atoms with Crippen molar-refractivity contribution in [2.75, 3.05) is 12.3 Å². The highest BCUT2D eigenvalue weighted by molar-refractivity contribution is 7.90. The molecule has 0 amide bonds. The van der Waals surface area contributed by atoms with Crippen molar-refractivity contribution in [3.8, 4) is 0 Å². The Hall–Kier alpha value is -0.330. The van der Waals surface area contributed by atoms with Crippen molar-refractivity contribution in [3.63, 3.8) is 0 Å². The van der Waals surface area contributed by atoms with Gasteiger partial charge in [-0.3, -0.25) is 4.79 Å². The molecule has 1 N–H and O–H groups in total. The number of halogens is 1. The minimum atomic E-state index is -3.60. The second kappa shape index (κ2) is 5.53. The van der Waals surface area contributed by atoms with E-state index in [-0.39, 0.29) is 5.92 Å². The van der Waals surface area contributed by atoms with Crippen LogP contribution in [0.1, 0.15) is 13.8 Å². The number of esters is 1. The summed E-state index contributed by atoms with van der Waals surface area (Å²) in [5.74, 6) is -0.811. The lowest BCUT2D eigenvalue weighted by molar-refractivity contribution is -0.143. The first kappa shape index (κ1) is 13.7. The van der Waals surface area contributed by atoms with Gasteiger partial charge in [0.15, 0.2) is 0 Å². The molecule has 0 saturated heterocycles. The monoisotopic (exact) mass is 243 g/mol. The summed E-state index contributed by atoms with van der Waals surface area (Å²) < 4.78 is 28.8. The van der Waals surface area contributed by atoms with Crippen LogP contribution in [0.15, 0.2) is 0 Å². The Kier molecular flexibility index (Phi) is 5.40. The maximum Gasteiger partial charge on any atom is 0.324 e. The van der Waals surface area contributed by atoms with Crippen molar-refractivity contribution in [3.05, 3.63) is 0 Å². The molecule has 0 aromatic rings. The third-order valence-electron chi connectivity index (χ3n) is 1.57. The zero-order valence-corrected chi connectivity index (χ0v) is 9.85. The van der Waals surface area contributed by atoms with E-state index in [1.807, 2.05) is 0 Å². The normalized spacial score (nSPS) is 14.1. The van der Waals surface area contributed by atoms with Crippen molar-refractivity contribution < 1.29 is 17.9 Å². The number of carbonyl (C=O) groups excluding carboxylic acids is 1. The van der Waals surface area contributed by atoms with Crippen LogP contribution >= 0.6 is 11.6 Å². The molecule has 0 spiro atoms. The van der Waals surface area contributed by atoms with Crippen LogP contribution in [0.25, 0.3) is 0 Å². The molecule has 0 aromatic carbocycles. The summed E-state index contributed by atoms with van der Waals surface area (Å²) >= 11 is 5.19. The zero-order valence-electron chi connectivity index (χ0n) is 8.28. The van der Waals surface area contributed by atoms with Crippen molar-refractivity contribution in [2.24, 2.45) is 5.92 Å². The molecule has 0 saturated carbocycles. The summed E-state index contributed by atoms with van der Waals surface area (Å²) in [7, 11) is -2.40. The molecule has 0 bridgehead atoms. The molecular weight excluding hydrogens is 230 g/mol. The standard InChI is InChI=1S/C7H14ClNO4S/c1-5(2)6(7(10)13-3)9-14(11,12)4-8/h5-6,9H,4H2,1-3H3/t6-/m0/s1. The molecule has 0 fully saturated rings. The number of methoxy groups -OCH3 is 1. The van der Waals surface area contributed by atoms with Gasteiger partial charge in [-0.1, -0.05) is 13.8 Å². The lowest BCUT2D eigenvalue weighted by Gasteiger charge is -2.18. The minimum absolute atomic E-state index is 0.194. The average Bonchev–Trinajstić information content (AvgIpc) is 2.13. The summed E-state index contributed by atoms with van der Waals surface area (Å²) in [6.07, 6.45) is 0. The van der Waals surface area contributed by atoms with Gasteiger partial charge in [0.25, 0.3) is 0 Å². The Morgan fingerprint density at radius 1 is 1.50 bits per heavy atom. The number of hydrogen-bond acceptors (Lipinski definition) is 4. The Morgan fingerprint density at radius 2 is 2.00 bits per heavy atom. The lowest BCUT2D eigenvalue weighted by atomic mass is 10.1. The number of ether oxygens (including phenoxy) is 1. The Morgan fingerprint density at radius 3 is 2.29 bits per heavy atom. The second-order valence-electron chi connectivity index (χ2n) is 3.09. The van der Waals surface area contributed by atoms with Crippen molar-refractivity contribution >= 4 is 27.6 Å². The van der Waals surface area contributed by atoms with E-state index in [0.29, 0.717) is 0 Å². The fraction of sp³-hybridized carbons (Fsp3) is 0.857. The van der Waals surface area contributed by atoms with Crippen LogP contribution in [-0.4, -0.2) is 32.8 Å². The van der Waals surface area contributed by atoms with E-state index < -0.39 is 27.2 Å². The van der Waals surface area contributed by atoms with Gasteiger partial charge in [-0.05, 0) is 5.92 Å². The van der Waals surface area contributed by atoms with Crippen LogP contribution in [0.5, 0.6) is 0 Å². The summed E-state index contributed by atoms with van der Waals surface area (Å²) in [5, 5.41) is -0.576. The van der Waals surface area contributed by atoms with Gasteiger partial charge in [-0.15, -0.1) is 11.6 Å². The van der Waals surface area contributed by atoms with Crippen molar-refractivity contribution in [2.45, 2.75) is 19.9 Å². The van der Waals surface area contributed by atoms with E-state index in [1.165, 1.54) is 7.11 Å². The average molecular weight is 244 g/mol. The largest absolute Gasteiger partial charge is 0.468 e. The quantitative estimate of drug-likeness (QED) is 0.557. The third kappa shape index (κ3) is 4.26. The number of carbonyl (C=O) groups is 1. The molecule has 84 valence electrons. The van der Waals surface area contributed by atoms with Gasteiger partial charge in [0, 0.05) is 0 Å². The van der Waals surface area contributed by atoms with Gasteiger partial charge in [-0.25, -0.2) is 8.42 Å². The van der Waals surface area contributed by atoms with Gasteiger partial charge in [0.05, 0.1) is 7.11 Å². The molecule has 7 heteroatoms. The molecule has 0 aliphatic heterocycles. The van der Waals surface area contributed by atoms with Gasteiger partial charge >= 0.3 is 5.97 Å². The SMILES string of the molecule is COC(=O)[C@@H](NS(=O)(=O)CCl)C(C)C. The smallest absolute Gasteiger partial charge is 0.324 e. The molecule has 14 heavy (non-hydrogen) atoms. The van der Waals surface area contributed by atoms with Crippen LogP contribution in [0.4, 0.5) is 0 Å². The molecule has 0 aromatic heterocycles. The first-order chi connectivity index (χ1) is 6.34. The van der Waals surface area contributed by atoms with Crippen LogP contribution in [0.3, 0.4) is 0 Å². The highest BCUT2D eigenvalue weighted by Gasteiger charge is 2.27. The number of sulfonamides is 1. The third-order valence-corrected chi connectivity index (χ3v) is 3.33.